The van der Waals surface area contributed by atoms with Gasteiger partial charge in [-0.1, -0.05) is 30.3 Å². The van der Waals surface area contributed by atoms with Crippen molar-refractivity contribution < 1.29 is 4.74 Å². The van der Waals surface area contributed by atoms with Gasteiger partial charge in [0.05, 0.1) is 6.10 Å². The highest BCUT2D eigenvalue weighted by Gasteiger charge is 2.37. The minimum Gasteiger partial charge on any atom is -0.376 e. The van der Waals surface area contributed by atoms with E-state index in [-0.39, 0.29) is 24.0 Å². The first-order valence-corrected chi connectivity index (χ1v) is 8.55. The smallest absolute Gasteiger partial charge is 0.191 e. The minimum atomic E-state index is 0. The quantitative estimate of drug-likeness (QED) is 0.415. The summed E-state index contributed by atoms with van der Waals surface area (Å²) < 4.78 is 5.65. The normalized spacial score (nSPS) is 26.5. The number of rotatable bonds is 6. The number of nitrogens with zero attached hydrogens (tertiary/aromatic N) is 1. The number of halogens is 1. The summed E-state index contributed by atoms with van der Waals surface area (Å²) in [5.41, 5.74) is 1.46. The fourth-order valence-corrected chi connectivity index (χ4v) is 3.12. The van der Waals surface area contributed by atoms with Gasteiger partial charge in [-0.2, -0.15) is 0 Å². The second-order valence-corrected chi connectivity index (χ2v) is 6.25. The molecule has 1 aromatic carbocycles. The third-order valence-corrected chi connectivity index (χ3v) is 4.50. The maximum atomic E-state index is 5.65. The third kappa shape index (κ3) is 5.64. The Morgan fingerprint density at radius 2 is 2.09 bits per heavy atom. The van der Waals surface area contributed by atoms with Crippen LogP contribution in [0.15, 0.2) is 35.3 Å². The maximum Gasteiger partial charge on any atom is 0.191 e. The van der Waals surface area contributed by atoms with Crippen molar-refractivity contribution in [1.82, 2.24) is 10.6 Å². The predicted octanol–water partition coefficient (Wildman–Crippen LogP) is 3.14. The number of guanidine groups is 1. The molecule has 2 aliphatic rings. The highest BCUT2D eigenvalue weighted by Crippen LogP contribution is 2.47. The van der Waals surface area contributed by atoms with E-state index in [1.165, 1.54) is 18.4 Å². The summed E-state index contributed by atoms with van der Waals surface area (Å²) in [4.78, 5) is 4.75. The number of aliphatic imine (C=N–C) groups is 1. The fourth-order valence-electron chi connectivity index (χ4n) is 3.12. The van der Waals surface area contributed by atoms with Crippen LogP contribution in [-0.2, 0) is 4.74 Å². The van der Waals surface area contributed by atoms with Crippen LogP contribution < -0.4 is 10.6 Å². The van der Waals surface area contributed by atoms with Crippen LogP contribution in [0.25, 0.3) is 0 Å². The summed E-state index contributed by atoms with van der Waals surface area (Å²) in [7, 11) is 0. The largest absolute Gasteiger partial charge is 0.376 e. The average molecular weight is 429 g/mol. The van der Waals surface area contributed by atoms with E-state index in [1.54, 1.807) is 0 Å². The minimum absolute atomic E-state index is 0. The van der Waals surface area contributed by atoms with E-state index in [1.807, 2.05) is 0 Å². The molecule has 3 atom stereocenters. The second-order valence-electron chi connectivity index (χ2n) is 6.25. The van der Waals surface area contributed by atoms with E-state index in [9.17, 15) is 0 Å². The van der Waals surface area contributed by atoms with Gasteiger partial charge in [0, 0.05) is 26.2 Å². The highest BCUT2D eigenvalue weighted by molar-refractivity contribution is 14.0. The van der Waals surface area contributed by atoms with Crippen molar-refractivity contribution in [3.8, 4) is 0 Å². The highest BCUT2D eigenvalue weighted by atomic mass is 127. The van der Waals surface area contributed by atoms with Gasteiger partial charge < -0.3 is 15.4 Å². The van der Waals surface area contributed by atoms with Crippen molar-refractivity contribution in [2.45, 2.75) is 38.2 Å². The monoisotopic (exact) mass is 429 g/mol. The molecule has 4 nitrogen and oxygen atoms in total. The molecule has 1 aliphatic heterocycles. The summed E-state index contributed by atoms with van der Waals surface area (Å²) >= 11 is 0. The van der Waals surface area contributed by atoms with Crippen LogP contribution in [0.4, 0.5) is 0 Å². The molecule has 0 aromatic heterocycles. The Kier molecular flexibility index (Phi) is 7.62. The van der Waals surface area contributed by atoms with Gasteiger partial charge in [0.15, 0.2) is 5.96 Å². The SMILES string of the molecule is CCNC(=NCC1CC1c1ccccc1)NCC1CCCO1.I. The van der Waals surface area contributed by atoms with E-state index < -0.39 is 0 Å². The van der Waals surface area contributed by atoms with Crippen molar-refractivity contribution in [3.63, 3.8) is 0 Å². The molecule has 128 valence electrons. The molecule has 0 amide bonds. The van der Waals surface area contributed by atoms with Gasteiger partial charge in [0.1, 0.15) is 0 Å². The van der Waals surface area contributed by atoms with Crippen LogP contribution in [0, 0.1) is 5.92 Å². The van der Waals surface area contributed by atoms with Gasteiger partial charge in [0.25, 0.3) is 0 Å². The summed E-state index contributed by atoms with van der Waals surface area (Å²) in [5.74, 6) is 2.32. The molecule has 1 saturated heterocycles. The Bertz CT molecular complexity index is 488. The zero-order valence-electron chi connectivity index (χ0n) is 13.8. The van der Waals surface area contributed by atoms with Crippen LogP contribution in [0.2, 0.25) is 0 Å². The van der Waals surface area contributed by atoms with Gasteiger partial charge in [-0.05, 0) is 43.6 Å². The van der Waals surface area contributed by atoms with Crippen molar-refractivity contribution in [2.75, 3.05) is 26.2 Å². The molecular formula is C18H28IN3O. The van der Waals surface area contributed by atoms with E-state index in [0.717, 1.165) is 38.6 Å². The molecule has 2 N–H and O–H groups in total. The first kappa shape index (κ1) is 18.5. The third-order valence-electron chi connectivity index (χ3n) is 4.50. The number of nitrogens with one attached hydrogen (secondary N) is 2. The van der Waals surface area contributed by atoms with Gasteiger partial charge >= 0.3 is 0 Å². The summed E-state index contributed by atoms with van der Waals surface area (Å²) in [6.45, 7) is 5.66. The van der Waals surface area contributed by atoms with Crippen molar-refractivity contribution >= 4 is 29.9 Å². The lowest BCUT2D eigenvalue weighted by molar-refractivity contribution is 0.114. The first-order valence-electron chi connectivity index (χ1n) is 8.55. The van der Waals surface area contributed by atoms with Gasteiger partial charge in [0.2, 0.25) is 0 Å². The Morgan fingerprint density at radius 1 is 1.26 bits per heavy atom. The molecule has 0 radical (unpaired) electrons. The van der Waals surface area contributed by atoms with Gasteiger partial charge in [-0.3, -0.25) is 4.99 Å². The lowest BCUT2D eigenvalue weighted by Gasteiger charge is -2.14. The lowest BCUT2D eigenvalue weighted by atomic mass is 10.1. The molecule has 1 saturated carbocycles. The molecular weight excluding hydrogens is 401 g/mol. The molecule has 2 fully saturated rings. The Hall–Kier alpha value is -0.820. The zero-order chi connectivity index (χ0) is 15.2. The second kappa shape index (κ2) is 9.47. The van der Waals surface area contributed by atoms with Crippen LogP contribution >= 0.6 is 24.0 Å². The molecule has 1 aliphatic carbocycles. The molecule has 0 spiro atoms. The molecule has 3 rings (SSSR count). The van der Waals surface area contributed by atoms with Crippen LogP contribution in [-0.4, -0.2) is 38.3 Å². The van der Waals surface area contributed by atoms with Crippen LogP contribution in [0.3, 0.4) is 0 Å². The van der Waals surface area contributed by atoms with Gasteiger partial charge in [-0.15, -0.1) is 24.0 Å². The lowest BCUT2D eigenvalue weighted by Crippen LogP contribution is -2.41. The molecule has 1 aromatic rings. The molecule has 0 bridgehead atoms. The van der Waals surface area contributed by atoms with E-state index in [0.29, 0.717) is 17.9 Å². The van der Waals surface area contributed by atoms with Crippen molar-refractivity contribution in [3.05, 3.63) is 35.9 Å². The number of benzene rings is 1. The average Bonchev–Trinajstić information content (AvgIpc) is 3.15. The summed E-state index contributed by atoms with van der Waals surface area (Å²) in [6.07, 6.45) is 3.95. The number of hydrogen-bond acceptors (Lipinski definition) is 2. The molecule has 3 unspecified atom stereocenters. The molecule has 23 heavy (non-hydrogen) atoms. The maximum absolute atomic E-state index is 5.65. The summed E-state index contributed by atoms with van der Waals surface area (Å²) in [5, 5.41) is 6.74. The molecule has 1 heterocycles. The fraction of sp³-hybridized carbons (Fsp3) is 0.611. The number of ether oxygens (including phenoxy) is 1. The van der Waals surface area contributed by atoms with E-state index >= 15 is 0 Å². The Labute approximate surface area is 156 Å². The molecule has 5 heteroatoms. The zero-order valence-corrected chi connectivity index (χ0v) is 16.2. The van der Waals surface area contributed by atoms with Crippen LogP contribution in [0.1, 0.15) is 37.7 Å². The predicted molar refractivity (Wildman–Crippen MR) is 106 cm³/mol. The van der Waals surface area contributed by atoms with E-state index in [2.05, 4.69) is 47.9 Å². The Balaban J connectivity index is 0.00000192. The Morgan fingerprint density at radius 3 is 2.78 bits per heavy atom. The topological polar surface area (TPSA) is 45.7 Å². The first-order chi connectivity index (χ1) is 10.9. The van der Waals surface area contributed by atoms with Gasteiger partial charge in [-0.25, -0.2) is 0 Å². The summed E-state index contributed by atoms with van der Waals surface area (Å²) in [6, 6.07) is 10.8. The number of hydrogen-bond donors (Lipinski definition) is 2. The van der Waals surface area contributed by atoms with Crippen molar-refractivity contribution in [1.29, 1.82) is 0 Å². The standard InChI is InChI=1S/C18H27N3O.HI/c1-2-19-18(21-13-16-9-6-10-22-16)20-12-15-11-17(15)14-7-4-3-5-8-14;/h3-5,7-8,15-17H,2,6,9-13H2,1H3,(H2,19,20,21);1H. The van der Waals surface area contributed by atoms with Crippen molar-refractivity contribution in [2.24, 2.45) is 10.9 Å². The van der Waals surface area contributed by atoms with E-state index in [4.69, 9.17) is 9.73 Å². The van der Waals surface area contributed by atoms with Crippen LogP contribution in [0.5, 0.6) is 0 Å².